The number of benzene rings is 1. The van der Waals surface area contributed by atoms with Gasteiger partial charge in [0.2, 0.25) is 11.8 Å². The van der Waals surface area contributed by atoms with Crippen LogP contribution in [0.25, 0.3) is 0 Å². The van der Waals surface area contributed by atoms with Crippen molar-refractivity contribution in [1.82, 2.24) is 4.90 Å². The van der Waals surface area contributed by atoms with E-state index >= 15 is 0 Å². The molecule has 24 heavy (non-hydrogen) atoms. The lowest BCUT2D eigenvalue weighted by molar-refractivity contribution is -0.142. The van der Waals surface area contributed by atoms with Crippen molar-refractivity contribution in [2.75, 3.05) is 25.5 Å². The highest BCUT2D eigenvalue weighted by atomic mass is 79.9. The number of hydrogen-bond donors (Lipinski definition) is 2. The number of likely N-dealkylation sites (N-methyl/N-ethyl adjacent to an activating group) is 1. The van der Waals surface area contributed by atoms with Crippen molar-refractivity contribution in [1.29, 1.82) is 0 Å². The molecule has 0 aliphatic carbocycles. The van der Waals surface area contributed by atoms with Crippen LogP contribution in [-0.2, 0) is 9.59 Å². The first-order valence-electron chi connectivity index (χ1n) is 7.81. The van der Waals surface area contributed by atoms with Crippen LogP contribution < -0.4 is 11.1 Å². The van der Waals surface area contributed by atoms with Crippen LogP contribution in [0.3, 0.4) is 0 Å². The van der Waals surface area contributed by atoms with Gasteiger partial charge in [0.15, 0.2) is 0 Å². The van der Waals surface area contributed by atoms with Crippen LogP contribution in [0.2, 0.25) is 0 Å². The van der Waals surface area contributed by atoms with Crippen molar-refractivity contribution >= 4 is 45.8 Å². The normalized spacial score (nSPS) is 10.8. The highest BCUT2D eigenvalue weighted by Crippen LogP contribution is 2.27. The maximum absolute atomic E-state index is 12.6. The van der Waals surface area contributed by atoms with Gasteiger partial charge in [-0.1, -0.05) is 29.8 Å². The van der Waals surface area contributed by atoms with Gasteiger partial charge in [-0.15, -0.1) is 12.4 Å². The molecule has 0 spiro atoms. The molecule has 7 heteroatoms. The van der Waals surface area contributed by atoms with Gasteiger partial charge in [0.05, 0.1) is 12.0 Å². The number of anilines is 1. The summed E-state index contributed by atoms with van der Waals surface area (Å²) in [4.78, 5) is 26.3. The molecule has 0 aromatic heterocycles. The zero-order valence-electron chi connectivity index (χ0n) is 14.7. The van der Waals surface area contributed by atoms with Gasteiger partial charge in [-0.2, -0.15) is 0 Å². The molecule has 0 atom stereocenters. The van der Waals surface area contributed by atoms with Gasteiger partial charge in [-0.05, 0) is 43.5 Å². The first-order valence-corrected chi connectivity index (χ1v) is 8.60. The second kappa shape index (κ2) is 10.0. The summed E-state index contributed by atoms with van der Waals surface area (Å²) in [6.07, 6.45) is 1.33. The van der Waals surface area contributed by atoms with Crippen LogP contribution in [0.4, 0.5) is 5.69 Å². The highest BCUT2D eigenvalue weighted by molar-refractivity contribution is 9.10. The summed E-state index contributed by atoms with van der Waals surface area (Å²) >= 11 is 3.39. The van der Waals surface area contributed by atoms with E-state index in [0.717, 1.165) is 15.7 Å². The number of amides is 2. The topological polar surface area (TPSA) is 75.4 Å². The van der Waals surface area contributed by atoms with Gasteiger partial charge in [-0.3, -0.25) is 9.59 Å². The van der Waals surface area contributed by atoms with Crippen molar-refractivity contribution in [3.8, 4) is 0 Å². The number of aryl methyl sites for hydroxylation is 1. The van der Waals surface area contributed by atoms with Gasteiger partial charge in [0, 0.05) is 23.8 Å². The van der Waals surface area contributed by atoms with E-state index in [2.05, 4.69) is 21.2 Å². The van der Waals surface area contributed by atoms with E-state index < -0.39 is 5.41 Å². The fraction of sp³-hybridized carbons (Fsp3) is 0.529. The largest absolute Gasteiger partial charge is 0.336 e. The molecule has 1 rings (SSSR count). The molecule has 2 amide bonds. The van der Waals surface area contributed by atoms with Gasteiger partial charge in [0.1, 0.15) is 0 Å². The third-order valence-electron chi connectivity index (χ3n) is 4.39. The van der Waals surface area contributed by atoms with Gasteiger partial charge < -0.3 is 16.0 Å². The molecule has 3 N–H and O–H groups in total. The molecule has 0 unspecified atom stereocenters. The number of rotatable bonds is 7. The van der Waals surface area contributed by atoms with E-state index in [9.17, 15) is 9.59 Å². The standard InChI is InChI=1S/C17H26BrN3O2.ClH/c1-5-17(6-2,11-19)16(23)21(4)10-15(22)20-14-8-7-13(18)9-12(14)3;/h7-9H,5-6,10-11,19H2,1-4H3,(H,20,22);1H. The van der Waals surface area contributed by atoms with E-state index in [1.165, 1.54) is 4.90 Å². The number of nitrogens with two attached hydrogens (primary N) is 1. The van der Waals surface area contributed by atoms with Gasteiger partial charge in [-0.25, -0.2) is 0 Å². The number of nitrogens with zero attached hydrogens (tertiary/aromatic N) is 1. The van der Waals surface area contributed by atoms with Crippen LogP contribution in [-0.4, -0.2) is 36.9 Å². The Bertz CT molecular complexity index is 569. The number of hydrogen-bond acceptors (Lipinski definition) is 3. The fourth-order valence-electron chi connectivity index (χ4n) is 2.58. The number of carbonyl (C=O) groups excluding carboxylic acids is 2. The molecule has 0 aliphatic rings. The molecule has 1 aromatic carbocycles. The predicted octanol–water partition coefficient (Wildman–Crippen LogP) is 3.34. The minimum atomic E-state index is -0.581. The van der Waals surface area contributed by atoms with Crippen LogP contribution in [0, 0.1) is 12.3 Å². The number of carbonyl (C=O) groups is 2. The zero-order valence-corrected chi connectivity index (χ0v) is 17.1. The Balaban J connectivity index is 0.00000529. The average Bonchev–Trinajstić information content (AvgIpc) is 2.52. The summed E-state index contributed by atoms with van der Waals surface area (Å²) < 4.78 is 0.957. The lowest BCUT2D eigenvalue weighted by atomic mass is 9.81. The van der Waals surface area contributed by atoms with E-state index in [1.807, 2.05) is 39.0 Å². The van der Waals surface area contributed by atoms with Crippen LogP contribution in [0.5, 0.6) is 0 Å². The van der Waals surface area contributed by atoms with E-state index in [4.69, 9.17) is 5.73 Å². The van der Waals surface area contributed by atoms with E-state index in [-0.39, 0.29) is 37.3 Å². The summed E-state index contributed by atoms with van der Waals surface area (Å²) in [6, 6.07) is 5.63. The molecule has 0 aliphatic heterocycles. The van der Waals surface area contributed by atoms with Crippen molar-refractivity contribution < 1.29 is 9.59 Å². The molecule has 1 aromatic rings. The molecule has 0 fully saturated rings. The molecule has 5 nitrogen and oxygen atoms in total. The second-order valence-electron chi connectivity index (χ2n) is 5.86. The van der Waals surface area contributed by atoms with Crippen molar-refractivity contribution in [2.45, 2.75) is 33.6 Å². The van der Waals surface area contributed by atoms with E-state index in [1.54, 1.807) is 7.05 Å². The van der Waals surface area contributed by atoms with Crippen LogP contribution in [0.1, 0.15) is 32.3 Å². The lowest BCUT2D eigenvalue weighted by Crippen LogP contribution is -2.48. The first-order chi connectivity index (χ1) is 10.8. The average molecular weight is 421 g/mol. The molecule has 0 saturated carbocycles. The van der Waals surface area contributed by atoms with E-state index in [0.29, 0.717) is 12.8 Å². The smallest absolute Gasteiger partial charge is 0.243 e. The molecular weight excluding hydrogens is 394 g/mol. The summed E-state index contributed by atoms with van der Waals surface area (Å²) in [5.74, 6) is -0.294. The van der Waals surface area contributed by atoms with Crippen molar-refractivity contribution in [3.63, 3.8) is 0 Å². The second-order valence-corrected chi connectivity index (χ2v) is 6.78. The number of halogens is 2. The van der Waals surface area contributed by atoms with Crippen molar-refractivity contribution in [3.05, 3.63) is 28.2 Å². The number of nitrogens with one attached hydrogen (secondary N) is 1. The van der Waals surface area contributed by atoms with Crippen LogP contribution in [0.15, 0.2) is 22.7 Å². The first kappa shape index (κ1) is 22.9. The summed E-state index contributed by atoms with van der Waals surface area (Å²) in [5, 5.41) is 2.84. The lowest BCUT2D eigenvalue weighted by Gasteiger charge is -2.33. The van der Waals surface area contributed by atoms with Crippen molar-refractivity contribution in [2.24, 2.45) is 11.1 Å². The monoisotopic (exact) mass is 419 g/mol. The molecule has 0 radical (unpaired) electrons. The van der Waals surface area contributed by atoms with Crippen LogP contribution >= 0.6 is 28.3 Å². The quantitative estimate of drug-likeness (QED) is 0.710. The Morgan fingerprint density at radius 1 is 1.29 bits per heavy atom. The van der Waals surface area contributed by atoms with Gasteiger partial charge >= 0.3 is 0 Å². The Hall–Kier alpha value is -1.11. The minimum Gasteiger partial charge on any atom is -0.336 e. The Kier molecular flexibility index (Phi) is 9.55. The molecule has 136 valence electrons. The van der Waals surface area contributed by atoms with Gasteiger partial charge in [0.25, 0.3) is 0 Å². The fourth-order valence-corrected chi connectivity index (χ4v) is 3.05. The third kappa shape index (κ3) is 5.46. The molecule has 0 heterocycles. The summed E-state index contributed by atoms with van der Waals surface area (Å²) in [6.45, 7) is 6.12. The Labute approximate surface area is 158 Å². The molecular formula is C17H27BrClN3O2. The summed E-state index contributed by atoms with van der Waals surface area (Å²) in [7, 11) is 1.64. The zero-order chi connectivity index (χ0) is 17.6. The minimum absolute atomic E-state index is 0. The highest BCUT2D eigenvalue weighted by Gasteiger charge is 2.36. The molecule has 0 bridgehead atoms. The SMILES string of the molecule is CCC(CC)(CN)C(=O)N(C)CC(=O)Nc1ccc(Br)cc1C.Cl. The summed E-state index contributed by atoms with van der Waals surface area (Å²) in [5.41, 5.74) is 6.93. The maximum atomic E-state index is 12.6. The maximum Gasteiger partial charge on any atom is 0.243 e. The predicted molar refractivity (Wildman–Crippen MR) is 104 cm³/mol. The third-order valence-corrected chi connectivity index (χ3v) is 4.88. The Morgan fingerprint density at radius 2 is 1.88 bits per heavy atom. The Morgan fingerprint density at radius 3 is 2.33 bits per heavy atom. The molecule has 0 saturated heterocycles.